The second-order valence-electron chi connectivity index (χ2n) is 5.64. The Balaban J connectivity index is 1.86. The van der Waals surface area contributed by atoms with Gasteiger partial charge in [-0.1, -0.05) is 54.6 Å². The fraction of sp³-hybridized carbons (Fsp3) is 0. The molecule has 0 unspecified atom stereocenters. The van der Waals surface area contributed by atoms with Crippen molar-refractivity contribution in [2.45, 2.75) is 4.90 Å². The minimum Gasteiger partial charge on any atom is -0.279 e. The van der Waals surface area contributed by atoms with Crippen molar-refractivity contribution in [3.05, 3.63) is 84.9 Å². The van der Waals surface area contributed by atoms with Crippen LogP contribution in [0, 0.1) is 0 Å². The predicted molar refractivity (Wildman–Crippen MR) is 98.7 cm³/mol. The Morgan fingerprint density at radius 2 is 1.25 bits per heavy atom. The van der Waals surface area contributed by atoms with Crippen LogP contribution in [0.3, 0.4) is 0 Å². The van der Waals surface area contributed by atoms with Crippen LogP contribution in [0.2, 0.25) is 0 Å². The molecule has 4 aromatic rings. The minimum atomic E-state index is -3.61. The molecular formula is C20H15NO2S. The molecule has 4 heteroatoms. The van der Waals surface area contributed by atoms with Crippen LogP contribution >= 0.6 is 0 Å². The first-order valence-electron chi connectivity index (χ1n) is 7.63. The van der Waals surface area contributed by atoms with Crippen molar-refractivity contribution in [2.75, 3.05) is 4.72 Å². The summed E-state index contributed by atoms with van der Waals surface area (Å²) in [6, 6.07) is 26.2. The Bertz CT molecular complexity index is 1140. The monoisotopic (exact) mass is 333 g/mol. The van der Waals surface area contributed by atoms with Gasteiger partial charge in [0.15, 0.2) is 0 Å². The maximum Gasteiger partial charge on any atom is 0.261 e. The van der Waals surface area contributed by atoms with E-state index in [1.54, 1.807) is 36.4 Å². The first-order valence-corrected chi connectivity index (χ1v) is 9.11. The normalized spacial score (nSPS) is 11.7. The fourth-order valence-electron chi connectivity index (χ4n) is 2.86. The lowest BCUT2D eigenvalue weighted by Gasteiger charge is -2.11. The molecular weight excluding hydrogens is 318 g/mol. The SMILES string of the molecule is O=S(=O)(Nc1cccc2cc3ccccc3cc12)c1ccccc1. The molecule has 0 aromatic heterocycles. The van der Waals surface area contributed by atoms with E-state index in [1.807, 2.05) is 36.4 Å². The van der Waals surface area contributed by atoms with E-state index in [2.05, 4.69) is 16.9 Å². The van der Waals surface area contributed by atoms with Gasteiger partial charge >= 0.3 is 0 Å². The van der Waals surface area contributed by atoms with Gasteiger partial charge in [0.25, 0.3) is 10.0 Å². The zero-order chi connectivity index (χ0) is 16.6. The van der Waals surface area contributed by atoms with Crippen LogP contribution in [-0.4, -0.2) is 8.42 Å². The van der Waals surface area contributed by atoms with E-state index in [4.69, 9.17) is 0 Å². The highest BCUT2D eigenvalue weighted by atomic mass is 32.2. The molecule has 4 aromatic carbocycles. The lowest BCUT2D eigenvalue weighted by molar-refractivity contribution is 0.601. The standard InChI is InChI=1S/C20H15NO2S/c22-24(23,18-10-2-1-3-11-18)21-20-12-6-9-17-13-15-7-4-5-8-16(15)14-19(17)20/h1-14,21H. The first kappa shape index (κ1) is 14.7. The van der Waals surface area contributed by atoms with Crippen molar-refractivity contribution < 1.29 is 8.42 Å². The van der Waals surface area contributed by atoms with E-state index in [0.717, 1.165) is 21.5 Å². The summed E-state index contributed by atoms with van der Waals surface area (Å²) in [5, 5.41) is 4.10. The molecule has 0 spiro atoms. The Hall–Kier alpha value is -2.85. The third-order valence-electron chi connectivity index (χ3n) is 4.04. The summed E-state index contributed by atoms with van der Waals surface area (Å²) in [5.74, 6) is 0. The van der Waals surface area contributed by atoms with Gasteiger partial charge in [0.1, 0.15) is 0 Å². The lowest BCUT2D eigenvalue weighted by atomic mass is 10.0. The Morgan fingerprint density at radius 3 is 2.00 bits per heavy atom. The summed E-state index contributed by atoms with van der Waals surface area (Å²) in [5.41, 5.74) is 0.585. The van der Waals surface area contributed by atoms with Crippen molar-refractivity contribution in [1.29, 1.82) is 0 Å². The van der Waals surface area contributed by atoms with Gasteiger partial charge in [0.2, 0.25) is 0 Å². The molecule has 0 amide bonds. The zero-order valence-corrected chi connectivity index (χ0v) is 13.6. The number of rotatable bonds is 3. The molecule has 0 atom stereocenters. The molecule has 0 saturated carbocycles. The summed E-state index contributed by atoms with van der Waals surface area (Å²) in [4.78, 5) is 0.253. The molecule has 0 fully saturated rings. The molecule has 118 valence electrons. The average Bonchev–Trinajstić information content (AvgIpc) is 2.61. The van der Waals surface area contributed by atoms with Gasteiger partial charge in [-0.15, -0.1) is 0 Å². The van der Waals surface area contributed by atoms with Gasteiger partial charge in [-0.3, -0.25) is 4.72 Å². The molecule has 4 rings (SSSR count). The van der Waals surface area contributed by atoms with Gasteiger partial charge in [-0.25, -0.2) is 8.42 Å². The van der Waals surface area contributed by atoms with E-state index < -0.39 is 10.0 Å². The van der Waals surface area contributed by atoms with E-state index in [0.29, 0.717) is 5.69 Å². The van der Waals surface area contributed by atoms with Crippen molar-refractivity contribution in [2.24, 2.45) is 0 Å². The second-order valence-corrected chi connectivity index (χ2v) is 7.33. The van der Waals surface area contributed by atoms with Crippen LogP contribution in [-0.2, 0) is 10.0 Å². The number of anilines is 1. The summed E-state index contributed by atoms with van der Waals surface area (Å²) in [6.45, 7) is 0. The number of benzene rings is 4. The van der Waals surface area contributed by atoms with E-state index >= 15 is 0 Å². The number of sulfonamides is 1. The maximum atomic E-state index is 12.6. The Labute approximate surface area is 140 Å². The molecule has 0 saturated heterocycles. The average molecular weight is 333 g/mol. The third-order valence-corrected chi connectivity index (χ3v) is 5.43. The molecule has 0 aliphatic heterocycles. The summed E-state index contributed by atoms with van der Waals surface area (Å²) in [7, 11) is -3.61. The number of hydrogen-bond donors (Lipinski definition) is 1. The van der Waals surface area contributed by atoms with Crippen LogP contribution in [0.5, 0.6) is 0 Å². The van der Waals surface area contributed by atoms with Gasteiger partial charge < -0.3 is 0 Å². The van der Waals surface area contributed by atoms with Gasteiger partial charge in [0.05, 0.1) is 10.6 Å². The molecule has 0 aliphatic rings. The molecule has 3 nitrogen and oxygen atoms in total. The van der Waals surface area contributed by atoms with Crippen molar-refractivity contribution >= 4 is 37.3 Å². The quantitative estimate of drug-likeness (QED) is 0.548. The molecule has 0 bridgehead atoms. The largest absolute Gasteiger partial charge is 0.279 e. The van der Waals surface area contributed by atoms with E-state index in [1.165, 1.54) is 0 Å². The molecule has 24 heavy (non-hydrogen) atoms. The number of hydrogen-bond acceptors (Lipinski definition) is 2. The summed E-state index contributed by atoms with van der Waals surface area (Å²) < 4.78 is 27.9. The van der Waals surface area contributed by atoms with Crippen LogP contribution < -0.4 is 4.72 Å². The number of fused-ring (bicyclic) bond motifs is 2. The molecule has 0 radical (unpaired) electrons. The smallest absolute Gasteiger partial charge is 0.261 e. The molecule has 0 aliphatic carbocycles. The second kappa shape index (κ2) is 5.65. The predicted octanol–water partition coefficient (Wildman–Crippen LogP) is 4.79. The van der Waals surface area contributed by atoms with Crippen molar-refractivity contribution in [3.8, 4) is 0 Å². The first-order chi connectivity index (χ1) is 11.6. The Kier molecular flexibility index (Phi) is 3.47. The van der Waals surface area contributed by atoms with Crippen LogP contribution in [0.25, 0.3) is 21.5 Å². The van der Waals surface area contributed by atoms with Crippen molar-refractivity contribution in [1.82, 2.24) is 0 Å². The van der Waals surface area contributed by atoms with Gasteiger partial charge in [-0.05, 0) is 46.5 Å². The fourth-order valence-corrected chi connectivity index (χ4v) is 3.96. The van der Waals surface area contributed by atoms with Crippen LogP contribution in [0.4, 0.5) is 5.69 Å². The Morgan fingerprint density at radius 1 is 0.625 bits per heavy atom. The van der Waals surface area contributed by atoms with Gasteiger partial charge in [-0.2, -0.15) is 0 Å². The van der Waals surface area contributed by atoms with Crippen molar-refractivity contribution in [3.63, 3.8) is 0 Å². The summed E-state index contributed by atoms with van der Waals surface area (Å²) in [6.07, 6.45) is 0. The highest BCUT2D eigenvalue weighted by Gasteiger charge is 2.15. The highest BCUT2D eigenvalue weighted by Crippen LogP contribution is 2.29. The van der Waals surface area contributed by atoms with E-state index in [9.17, 15) is 8.42 Å². The molecule has 1 N–H and O–H groups in total. The van der Waals surface area contributed by atoms with Gasteiger partial charge in [0, 0.05) is 5.39 Å². The third kappa shape index (κ3) is 2.61. The maximum absolute atomic E-state index is 12.6. The molecule has 0 heterocycles. The zero-order valence-electron chi connectivity index (χ0n) is 12.8. The van der Waals surface area contributed by atoms with Crippen LogP contribution in [0.1, 0.15) is 0 Å². The summed E-state index contributed by atoms with van der Waals surface area (Å²) >= 11 is 0. The van der Waals surface area contributed by atoms with E-state index in [-0.39, 0.29) is 4.90 Å². The highest BCUT2D eigenvalue weighted by molar-refractivity contribution is 7.92. The minimum absolute atomic E-state index is 0.253. The lowest BCUT2D eigenvalue weighted by Crippen LogP contribution is -2.13. The topological polar surface area (TPSA) is 46.2 Å². The van der Waals surface area contributed by atoms with Crippen LogP contribution in [0.15, 0.2) is 89.8 Å². The number of nitrogens with one attached hydrogen (secondary N) is 1.